The molecule has 0 spiro atoms. The summed E-state index contributed by atoms with van der Waals surface area (Å²) in [6, 6.07) is 0.532. The third-order valence-corrected chi connectivity index (χ3v) is 3.55. The van der Waals surface area contributed by atoms with Crippen molar-refractivity contribution in [3.8, 4) is 0 Å². The normalized spacial score (nSPS) is 11.4. The maximum atomic E-state index is 5.30. The van der Waals surface area contributed by atoms with E-state index >= 15 is 0 Å². The first-order chi connectivity index (χ1) is 8.17. The predicted molar refractivity (Wildman–Crippen MR) is 72.8 cm³/mol. The van der Waals surface area contributed by atoms with E-state index in [0.29, 0.717) is 11.2 Å². The molecule has 3 N–H and O–H groups in total. The number of unbranched alkanes of at least 4 members (excludes halogenated alkanes) is 2. The summed E-state index contributed by atoms with van der Waals surface area (Å²) in [5.41, 5.74) is 2.53. The Kier molecular flexibility index (Phi) is 6.39. The first-order valence-corrected chi connectivity index (χ1v) is 7.02. The van der Waals surface area contributed by atoms with Gasteiger partial charge in [-0.05, 0) is 26.8 Å². The average Bonchev–Trinajstić information content (AvgIpc) is 2.75. The van der Waals surface area contributed by atoms with Crippen molar-refractivity contribution in [1.82, 2.24) is 15.1 Å². The minimum Gasteiger partial charge on any atom is -0.298 e. The number of nitrogens with one attached hydrogen (secondary N) is 1. The van der Waals surface area contributed by atoms with E-state index in [0.717, 1.165) is 18.1 Å². The number of aromatic nitrogens is 2. The van der Waals surface area contributed by atoms with Gasteiger partial charge in [0, 0.05) is 6.04 Å². The molecule has 5 nitrogen and oxygen atoms in total. The van der Waals surface area contributed by atoms with E-state index in [1.54, 1.807) is 0 Å². The van der Waals surface area contributed by atoms with Crippen LogP contribution in [0.15, 0.2) is 0 Å². The molecule has 0 bridgehead atoms. The topological polar surface area (TPSA) is 67.1 Å². The minimum atomic E-state index is 0.532. The Labute approximate surface area is 107 Å². The molecule has 0 aliphatic heterocycles. The van der Waals surface area contributed by atoms with E-state index in [4.69, 9.17) is 5.84 Å². The fraction of sp³-hybridized carbons (Fsp3) is 0.818. The third kappa shape index (κ3) is 4.97. The summed E-state index contributed by atoms with van der Waals surface area (Å²) in [6.07, 6.45) is 3.79. The second-order valence-electron chi connectivity index (χ2n) is 4.42. The van der Waals surface area contributed by atoms with Crippen molar-refractivity contribution in [2.75, 3.05) is 12.0 Å². The van der Waals surface area contributed by atoms with Gasteiger partial charge in [-0.15, -0.1) is 10.2 Å². The van der Waals surface area contributed by atoms with Gasteiger partial charge in [0.1, 0.15) is 5.01 Å². The maximum Gasteiger partial charge on any atom is 0.219 e. The highest BCUT2D eigenvalue weighted by Crippen LogP contribution is 2.17. The standard InChI is InChI=1S/C11H23N5S/c1-4-5-6-7-16(9(2)3)8-10-14-15-11(13-12)17-10/h9H,4-8,12H2,1-3H3,(H,13,15). The van der Waals surface area contributed by atoms with Crippen LogP contribution in [0.5, 0.6) is 0 Å². The van der Waals surface area contributed by atoms with E-state index in [1.165, 1.54) is 30.6 Å². The molecule has 98 valence electrons. The lowest BCUT2D eigenvalue weighted by Crippen LogP contribution is -2.31. The van der Waals surface area contributed by atoms with E-state index in [1.807, 2.05) is 0 Å². The minimum absolute atomic E-state index is 0.532. The number of hydrazine groups is 1. The van der Waals surface area contributed by atoms with Crippen molar-refractivity contribution < 1.29 is 0 Å². The number of nitrogen functional groups attached to an aromatic ring is 1. The SMILES string of the molecule is CCCCCN(Cc1nnc(NN)s1)C(C)C. The molecule has 0 aliphatic rings. The molecule has 0 saturated heterocycles. The molecule has 17 heavy (non-hydrogen) atoms. The molecule has 0 aromatic carbocycles. The van der Waals surface area contributed by atoms with Gasteiger partial charge in [0.05, 0.1) is 6.54 Å². The molecule has 0 saturated carbocycles. The molecule has 0 unspecified atom stereocenters. The fourth-order valence-corrected chi connectivity index (χ4v) is 2.31. The Hall–Kier alpha value is -0.720. The highest BCUT2D eigenvalue weighted by Gasteiger charge is 2.12. The number of anilines is 1. The van der Waals surface area contributed by atoms with Gasteiger partial charge in [-0.1, -0.05) is 31.1 Å². The number of hydrogen-bond acceptors (Lipinski definition) is 6. The summed E-state index contributed by atoms with van der Waals surface area (Å²) in [4.78, 5) is 2.43. The first kappa shape index (κ1) is 14.3. The zero-order valence-electron chi connectivity index (χ0n) is 10.9. The molecule has 0 radical (unpaired) electrons. The Balaban J connectivity index is 2.47. The summed E-state index contributed by atoms with van der Waals surface area (Å²) >= 11 is 1.52. The van der Waals surface area contributed by atoms with Crippen LogP contribution in [0.1, 0.15) is 45.0 Å². The Morgan fingerprint density at radius 1 is 1.35 bits per heavy atom. The highest BCUT2D eigenvalue weighted by atomic mass is 32.1. The molecular weight excluding hydrogens is 234 g/mol. The van der Waals surface area contributed by atoms with E-state index in [9.17, 15) is 0 Å². The Morgan fingerprint density at radius 3 is 2.65 bits per heavy atom. The van der Waals surface area contributed by atoms with E-state index in [2.05, 4.69) is 41.3 Å². The van der Waals surface area contributed by atoms with Gasteiger partial charge >= 0.3 is 0 Å². The molecule has 0 atom stereocenters. The molecule has 1 heterocycles. The van der Waals surface area contributed by atoms with Gasteiger partial charge in [0.2, 0.25) is 5.13 Å². The fourth-order valence-electron chi connectivity index (χ4n) is 1.63. The summed E-state index contributed by atoms with van der Waals surface area (Å²) in [5.74, 6) is 5.30. The largest absolute Gasteiger partial charge is 0.298 e. The predicted octanol–water partition coefficient (Wildman–Crippen LogP) is 2.22. The van der Waals surface area contributed by atoms with Crippen molar-refractivity contribution >= 4 is 16.5 Å². The number of nitrogens with two attached hydrogens (primary N) is 1. The van der Waals surface area contributed by atoms with Crippen LogP contribution in [-0.2, 0) is 6.54 Å². The van der Waals surface area contributed by atoms with Gasteiger partial charge in [-0.3, -0.25) is 10.3 Å². The average molecular weight is 257 g/mol. The summed E-state index contributed by atoms with van der Waals surface area (Å²) in [6.45, 7) is 8.64. The molecule has 1 aromatic heterocycles. The van der Waals surface area contributed by atoms with Crippen LogP contribution in [0.2, 0.25) is 0 Å². The van der Waals surface area contributed by atoms with Crippen molar-refractivity contribution in [3.05, 3.63) is 5.01 Å². The van der Waals surface area contributed by atoms with Crippen molar-refractivity contribution in [2.24, 2.45) is 5.84 Å². The van der Waals surface area contributed by atoms with E-state index in [-0.39, 0.29) is 0 Å². The van der Waals surface area contributed by atoms with Crippen molar-refractivity contribution in [1.29, 1.82) is 0 Å². The number of rotatable bonds is 8. The number of hydrogen-bond donors (Lipinski definition) is 2. The van der Waals surface area contributed by atoms with Crippen LogP contribution < -0.4 is 11.3 Å². The molecule has 1 aromatic rings. The number of nitrogens with zero attached hydrogens (tertiary/aromatic N) is 3. The van der Waals surface area contributed by atoms with Gasteiger partial charge in [0.25, 0.3) is 0 Å². The smallest absolute Gasteiger partial charge is 0.219 e. The van der Waals surface area contributed by atoms with Gasteiger partial charge in [0.15, 0.2) is 0 Å². The second-order valence-corrected chi connectivity index (χ2v) is 5.48. The molecule has 0 fully saturated rings. The third-order valence-electron chi connectivity index (χ3n) is 2.71. The zero-order chi connectivity index (χ0) is 12.7. The van der Waals surface area contributed by atoms with Crippen LogP contribution >= 0.6 is 11.3 Å². The molecule has 1 rings (SSSR count). The van der Waals surface area contributed by atoms with Gasteiger partial charge in [-0.2, -0.15) is 0 Å². The summed E-state index contributed by atoms with van der Waals surface area (Å²) in [7, 11) is 0. The lowest BCUT2D eigenvalue weighted by atomic mass is 10.2. The lowest BCUT2D eigenvalue weighted by Gasteiger charge is -2.25. The van der Waals surface area contributed by atoms with Crippen molar-refractivity contribution in [2.45, 2.75) is 52.6 Å². The quantitative estimate of drug-likeness (QED) is 0.425. The Morgan fingerprint density at radius 2 is 2.12 bits per heavy atom. The lowest BCUT2D eigenvalue weighted by molar-refractivity contribution is 0.208. The van der Waals surface area contributed by atoms with Gasteiger partial charge in [-0.25, -0.2) is 5.84 Å². The molecule has 0 amide bonds. The van der Waals surface area contributed by atoms with E-state index < -0.39 is 0 Å². The van der Waals surface area contributed by atoms with Crippen LogP contribution in [-0.4, -0.2) is 27.7 Å². The van der Waals surface area contributed by atoms with Crippen LogP contribution in [0.3, 0.4) is 0 Å². The van der Waals surface area contributed by atoms with Gasteiger partial charge < -0.3 is 0 Å². The zero-order valence-corrected chi connectivity index (χ0v) is 11.8. The molecule has 6 heteroatoms. The van der Waals surface area contributed by atoms with Crippen LogP contribution in [0.4, 0.5) is 5.13 Å². The second kappa shape index (κ2) is 7.58. The van der Waals surface area contributed by atoms with Crippen LogP contribution in [0.25, 0.3) is 0 Å². The monoisotopic (exact) mass is 257 g/mol. The molecular formula is C11H23N5S. The maximum absolute atomic E-state index is 5.30. The summed E-state index contributed by atoms with van der Waals surface area (Å²) in [5, 5.41) is 9.77. The van der Waals surface area contributed by atoms with Crippen LogP contribution in [0, 0.1) is 0 Å². The first-order valence-electron chi connectivity index (χ1n) is 6.20. The van der Waals surface area contributed by atoms with Crippen molar-refractivity contribution in [3.63, 3.8) is 0 Å². The Bertz CT molecular complexity index is 313. The molecule has 0 aliphatic carbocycles. The highest BCUT2D eigenvalue weighted by molar-refractivity contribution is 7.15. The summed E-state index contributed by atoms with van der Waals surface area (Å²) < 4.78 is 0.